The highest BCUT2D eigenvalue weighted by Gasteiger charge is 2.16. The number of rotatable bonds is 3. The molecule has 0 saturated carbocycles. The highest BCUT2D eigenvalue weighted by Crippen LogP contribution is 2.25. The molecule has 0 bridgehead atoms. The highest BCUT2D eigenvalue weighted by molar-refractivity contribution is 6.31. The van der Waals surface area contributed by atoms with E-state index in [1.54, 1.807) is 18.2 Å². The molecule has 0 aliphatic carbocycles. The van der Waals surface area contributed by atoms with Crippen LogP contribution in [0.5, 0.6) is 5.75 Å². The normalized spacial score (nSPS) is 10.6. The number of non-ortho nitro benzene ring substituents is 1. The van der Waals surface area contributed by atoms with E-state index in [-0.39, 0.29) is 17.2 Å². The Hall–Kier alpha value is -2.86. The topological polar surface area (TPSA) is 82.6 Å². The van der Waals surface area contributed by atoms with Crippen LogP contribution in [0.25, 0.3) is 11.0 Å². The SMILES string of the molecule is O=C(Oc1cccc([N+](=O)[O-])c1)c1cc2cc(Cl)ccc2o1. The molecule has 0 amide bonds. The maximum atomic E-state index is 12.0. The molecule has 3 aromatic rings. The van der Waals surface area contributed by atoms with Gasteiger partial charge in [-0.3, -0.25) is 10.1 Å². The number of ether oxygens (including phenoxy) is 1. The van der Waals surface area contributed by atoms with Crippen molar-refractivity contribution in [2.75, 3.05) is 0 Å². The molecule has 0 unspecified atom stereocenters. The quantitative estimate of drug-likeness (QED) is 0.313. The summed E-state index contributed by atoms with van der Waals surface area (Å²) in [5, 5.41) is 11.9. The van der Waals surface area contributed by atoms with E-state index in [4.69, 9.17) is 20.8 Å². The van der Waals surface area contributed by atoms with Crippen molar-refractivity contribution in [2.24, 2.45) is 0 Å². The molecule has 22 heavy (non-hydrogen) atoms. The lowest BCUT2D eigenvalue weighted by atomic mass is 10.2. The van der Waals surface area contributed by atoms with Gasteiger partial charge in [0.1, 0.15) is 11.3 Å². The lowest BCUT2D eigenvalue weighted by Gasteiger charge is -2.01. The Morgan fingerprint density at radius 2 is 2.00 bits per heavy atom. The van der Waals surface area contributed by atoms with Crippen LogP contribution in [0.1, 0.15) is 10.6 Å². The smallest absolute Gasteiger partial charge is 0.379 e. The van der Waals surface area contributed by atoms with Crippen molar-refractivity contribution in [1.82, 2.24) is 0 Å². The summed E-state index contributed by atoms with van der Waals surface area (Å²) in [5.74, 6) is -0.686. The number of fused-ring (bicyclic) bond motifs is 1. The molecular formula is C15H8ClNO5. The van der Waals surface area contributed by atoms with E-state index in [9.17, 15) is 14.9 Å². The first-order valence-electron chi connectivity index (χ1n) is 6.19. The van der Waals surface area contributed by atoms with Gasteiger partial charge in [-0.15, -0.1) is 0 Å². The molecule has 7 heteroatoms. The molecule has 2 aromatic carbocycles. The van der Waals surface area contributed by atoms with Gasteiger partial charge in [-0.25, -0.2) is 4.79 Å². The molecule has 0 fully saturated rings. The number of nitrogens with zero attached hydrogens (tertiary/aromatic N) is 1. The van der Waals surface area contributed by atoms with E-state index in [0.717, 1.165) is 6.07 Å². The molecule has 1 aromatic heterocycles. The Kier molecular flexibility index (Phi) is 3.52. The zero-order chi connectivity index (χ0) is 15.7. The molecule has 110 valence electrons. The number of esters is 1. The summed E-state index contributed by atoms with van der Waals surface area (Å²) in [6, 6.07) is 11.8. The molecular weight excluding hydrogens is 310 g/mol. The van der Waals surface area contributed by atoms with Crippen molar-refractivity contribution >= 4 is 34.2 Å². The fraction of sp³-hybridized carbons (Fsp3) is 0. The first kappa shape index (κ1) is 14.1. The fourth-order valence-electron chi connectivity index (χ4n) is 1.93. The minimum Gasteiger partial charge on any atom is -0.449 e. The Bertz CT molecular complexity index is 887. The van der Waals surface area contributed by atoms with Gasteiger partial charge in [-0.05, 0) is 30.3 Å². The largest absolute Gasteiger partial charge is 0.449 e. The van der Waals surface area contributed by atoms with Gasteiger partial charge in [0, 0.05) is 16.5 Å². The van der Waals surface area contributed by atoms with Crippen molar-refractivity contribution in [3.63, 3.8) is 0 Å². The number of nitro benzene ring substituents is 1. The maximum absolute atomic E-state index is 12.0. The van der Waals surface area contributed by atoms with Gasteiger partial charge in [0.2, 0.25) is 5.76 Å². The van der Waals surface area contributed by atoms with Gasteiger partial charge in [-0.2, -0.15) is 0 Å². The van der Waals surface area contributed by atoms with Gasteiger partial charge in [0.05, 0.1) is 11.0 Å². The van der Waals surface area contributed by atoms with Crippen LogP contribution in [0.3, 0.4) is 0 Å². The third kappa shape index (κ3) is 2.77. The fourth-order valence-corrected chi connectivity index (χ4v) is 2.11. The molecule has 1 heterocycles. The zero-order valence-corrected chi connectivity index (χ0v) is 11.7. The second-order valence-electron chi connectivity index (χ2n) is 4.44. The summed E-state index contributed by atoms with van der Waals surface area (Å²) in [6.07, 6.45) is 0. The molecule has 0 aliphatic rings. The molecule has 0 spiro atoms. The Labute approximate surface area is 129 Å². The molecule has 0 radical (unpaired) electrons. The second kappa shape index (κ2) is 5.50. The summed E-state index contributed by atoms with van der Waals surface area (Å²) in [5.41, 5.74) is 0.331. The van der Waals surface area contributed by atoms with Crippen molar-refractivity contribution in [3.8, 4) is 5.75 Å². The average molecular weight is 318 g/mol. The summed E-state index contributed by atoms with van der Waals surface area (Å²) >= 11 is 5.86. The highest BCUT2D eigenvalue weighted by atomic mass is 35.5. The number of nitro groups is 1. The van der Waals surface area contributed by atoms with Crippen LogP contribution < -0.4 is 4.74 Å². The lowest BCUT2D eigenvalue weighted by molar-refractivity contribution is -0.384. The van der Waals surface area contributed by atoms with Crippen molar-refractivity contribution in [1.29, 1.82) is 0 Å². The number of benzene rings is 2. The van der Waals surface area contributed by atoms with E-state index in [2.05, 4.69) is 0 Å². The Morgan fingerprint density at radius 1 is 1.18 bits per heavy atom. The van der Waals surface area contributed by atoms with Gasteiger partial charge < -0.3 is 9.15 Å². The molecule has 0 atom stereocenters. The number of halogens is 1. The van der Waals surface area contributed by atoms with Crippen LogP contribution in [0.4, 0.5) is 5.69 Å². The monoisotopic (exact) mass is 317 g/mol. The summed E-state index contributed by atoms with van der Waals surface area (Å²) in [4.78, 5) is 22.2. The summed E-state index contributed by atoms with van der Waals surface area (Å²) < 4.78 is 10.4. The predicted molar refractivity (Wildman–Crippen MR) is 79.3 cm³/mol. The summed E-state index contributed by atoms with van der Waals surface area (Å²) in [7, 11) is 0. The van der Waals surface area contributed by atoms with Gasteiger partial charge >= 0.3 is 5.97 Å². The first-order chi connectivity index (χ1) is 10.5. The number of furan rings is 1. The molecule has 0 N–H and O–H groups in total. The van der Waals surface area contributed by atoms with Crippen molar-refractivity contribution in [2.45, 2.75) is 0 Å². The summed E-state index contributed by atoms with van der Waals surface area (Å²) in [6.45, 7) is 0. The number of carbonyl (C=O) groups excluding carboxylic acids is 1. The average Bonchev–Trinajstić information content (AvgIpc) is 2.90. The van der Waals surface area contributed by atoms with Crippen LogP contribution in [-0.2, 0) is 0 Å². The van der Waals surface area contributed by atoms with E-state index in [0.29, 0.717) is 16.0 Å². The third-order valence-electron chi connectivity index (χ3n) is 2.92. The van der Waals surface area contributed by atoms with E-state index in [1.165, 1.54) is 24.3 Å². The van der Waals surface area contributed by atoms with Crippen LogP contribution >= 0.6 is 11.6 Å². The number of carbonyl (C=O) groups is 1. The van der Waals surface area contributed by atoms with Gasteiger partial charge in [0.15, 0.2) is 0 Å². The minimum atomic E-state index is -0.743. The predicted octanol–water partition coefficient (Wildman–Crippen LogP) is 4.21. The van der Waals surface area contributed by atoms with Crippen LogP contribution in [0.15, 0.2) is 52.9 Å². The first-order valence-corrected chi connectivity index (χ1v) is 6.56. The third-order valence-corrected chi connectivity index (χ3v) is 3.15. The number of hydrogen-bond donors (Lipinski definition) is 0. The second-order valence-corrected chi connectivity index (χ2v) is 4.87. The van der Waals surface area contributed by atoms with Crippen molar-refractivity contribution in [3.05, 3.63) is 69.4 Å². The zero-order valence-electron chi connectivity index (χ0n) is 11.0. The van der Waals surface area contributed by atoms with Crippen LogP contribution in [0.2, 0.25) is 5.02 Å². The lowest BCUT2D eigenvalue weighted by Crippen LogP contribution is -2.07. The molecule has 6 nitrogen and oxygen atoms in total. The van der Waals surface area contributed by atoms with E-state index >= 15 is 0 Å². The molecule has 0 saturated heterocycles. The molecule has 0 aliphatic heterocycles. The van der Waals surface area contributed by atoms with Gasteiger partial charge in [-0.1, -0.05) is 17.7 Å². The van der Waals surface area contributed by atoms with E-state index < -0.39 is 10.9 Å². The molecule has 3 rings (SSSR count). The van der Waals surface area contributed by atoms with Crippen LogP contribution in [0, 0.1) is 10.1 Å². The van der Waals surface area contributed by atoms with Crippen LogP contribution in [-0.4, -0.2) is 10.9 Å². The van der Waals surface area contributed by atoms with E-state index in [1.807, 2.05) is 0 Å². The van der Waals surface area contributed by atoms with Gasteiger partial charge in [0.25, 0.3) is 5.69 Å². The Morgan fingerprint density at radius 3 is 2.77 bits per heavy atom. The number of hydrogen-bond acceptors (Lipinski definition) is 5. The van der Waals surface area contributed by atoms with Crippen molar-refractivity contribution < 1.29 is 18.9 Å². The maximum Gasteiger partial charge on any atom is 0.379 e. The standard InChI is InChI=1S/C15H8ClNO5/c16-10-4-5-13-9(6-10)7-14(22-13)15(18)21-12-3-1-2-11(8-12)17(19)20/h1-8H. The minimum absolute atomic E-state index is 0.0104. The Balaban J connectivity index is 1.86.